The van der Waals surface area contributed by atoms with Gasteiger partial charge >= 0.3 is 5.69 Å². The molecule has 23 heavy (non-hydrogen) atoms. The van der Waals surface area contributed by atoms with Crippen molar-refractivity contribution in [1.82, 2.24) is 23.5 Å². The molecule has 0 unspecified atom stereocenters. The summed E-state index contributed by atoms with van der Waals surface area (Å²) in [6.07, 6.45) is 1.87. The molecule has 1 aromatic carbocycles. The molecule has 0 aliphatic carbocycles. The lowest BCUT2D eigenvalue weighted by Crippen LogP contribution is -2.28. The van der Waals surface area contributed by atoms with Crippen molar-refractivity contribution < 1.29 is 0 Å². The summed E-state index contributed by atoms with van der Waals surface area (Å²) in [7, 11) is 3.48. The summed E-state index contributed by atoms with van der Waals surface area (Å²) in [5, 5.41) is 0. The van der Waals surface area contributed by atoms with Gasteiger partial charge in [0.25, 0.3) is 5.56 Å². The summed E-state index contributed by atoms with van der Waals surface area (Å²) in [5.41, 5.74) is 3.02. The third kappa shape index (κ3) is 1.79. The second-order valence-corrected chi connectivity index (χ2v) is 5.71. The Kier molecular flexibility index (Phi) is 2.63. The lowest BCUT2D eigenvalue weighted by molar-refractivity contribution is 0.830. The molecule has 0 saturated heterocycles. The van der Waals surface area contributed by atoms with E-state index in [1.54, 1.807) is 11.4 Å². The standard InChI is InChI=1S/C16H15N5O2/c1-9-4-6-10(7-5-9)11-8-21-12-13(17-15(21)19(11)2)20(3)16(23)18-14(12)22/h4-8H,1-3H3,(H,18,22,23). The van der Waals surface area contributed by atoms with Gasteiger partial charge in [-0.2, -0.15) is 4.98 Å². The van der Waals surface area contributed by atoms with Gasteiger partial charge < -0.3 is 4.57 Å². The quantitative estimate of drug-likeness (QED) is 0.574. The molecule has 0 amide bonds. The van der Waals surface area contributed by atoms with E-state index in [1.807, 2.05) is 49.0 Å². The van der Waals surface area contributed by atoms with Crippen molar-refractivity contribution in [2.24, 2.45) is 14.1 Å². The number of benzene rings is 1. The van der Waals surface area contributed by atoms with Crippen LogP contribution in [0.5, 0.6) is 0 Å². The van der Waals surface area contributed by atoms with E-state index in [0.717, 1.165) is 11.3 Å². The molecular formula is C16H15N5O2. The third-order valence-electron chi connectivity index (χ3n) is 4.19. The first-order chi connectivity index (χ1) is 11.0. The number of aromatic amines is 1. The van der Waals surface area contributed by atoms with Crippen molar-refractivity contribution in [2.75, 3.05) is 0 Å². The predicted molar refractivity (Wildman–Crippen MR) is 87.7 cm³/mol. The third-order valence-corrected chi connectivity index (χ3v) is 4.19. The molecule has 0 aliphatic rings. The number of hydrogen-bond donors (Lipinski definition) is 1. The van der Waals surface area contributed by atoms with Gasteiger partial charge in [0.2, 0.25) is 5.78 Å². The Hall–Kier alpha value is -3.09. The minimum absolute atomic E-state index is 0.371. The van der Waals surface area contributed by atoms with Crippen molar-refractivity contribution in [3.8, 4) is 11.3 Å². The van der Waals surface area contributed by atoms with Crippen LogP contribution in [-0.2, 0) is 14.1 Å². The van der Waals surface area contributed by atoms with Crippen molar-refractivity contribution in [1.29, 1.82) is 0 Å². The number of nitrogens with zero attached hydrogens (tertiary/aromatic N) is 4. The Bertz CT molecular complexity index is 1170. The van der Waals surface area contributed by atoms with Gasteiger partial charge in [0, 0.05) is 20.3 Å². The molecule has 0 radical (unpaired) electrons. The fourth-order valence-corrected chi connectivity index (χ4v) is 2.86. The highest BCUT2D eigenvalue weighted by atomic mass is 16.2. The zero-order valence-electron chi connectivity index (χ0n) is 13.0. The summed E-state index contributed by atoms with van der Waals surface area (Å²) in [6.45, 7) is 2.04. The largest absolute Gasteiger partial charge is 0.329 e. The first-order valence-corrected chi connectivity index (χ1v) is 7.21. The Morgan fingerprint density at radius 2 is 1.74 bits per heavy atom. The van der Waals surface area contributed by atoms with Crippen molar-refractivity contribution in [2.45, 2.75) is 6.92 Å². The van der Waals surface area contributed by atoms with Crippen LogP contribution in [0, 0.1) is 6.92 Å². The fraction of sp³-hybridized carbons (Fsp3) is 0.188. The van der Waals surface area contributed by atoms with Crippen molar-refractivity contribution in [3.05, 3.63) is 56.9 Å². The van der Waals surface area contributed by atoms with E-state index in [0.29, 0.717) is 16.9 Å². The number of H-pyrrole nitrogens is 1. The minimum Gasteiger partial charge on any atom is -0.313 e. The lowest BCUT2D eigenvalue weighted by atomic mass is 10.1. The van der Waals surface area contributed by atoms with Crippen LogP contribution in [0.15, 0.2) is 40.1 Å². The molecule has 0 spiro atoms. The molecule has 0 fully saturated rings. The van der Waals surface area contributed by atoms with Crippen LogP contribution in [0.4, 0.5) is 0 Å². The highest BCUT2D eigenvalue weighted by Gasteiger charge is 2.17. The van der Waals surface area contributed by atoms with Crippen molar-refractivity contribution in [3.63, 3.8) is 0 Å². The predicted octanol–water partition coefficient (Wildman–Crippen LogP) is 1.19. The maximum absolute atomic E-state index is 12.2. The van der Waals surface area contributed by atoms with E-state index in [4.69, 9.17) is 0 Å². The maximum atomic E-state index is 12.2. The molecular weight excluding hydrogens is 294 g/mol. The topological polar surface area (TPSA) is 77.1 Å². The van der Waals surface area contributed by atoms with Crippen molar-refractivity contribution >= 4 is 16.9 Å². The van der Waals surface area contributed by atoms with Gasteiger partial charge in [-0.15, -0.1) is 0 Å². The van der Waals surface area contributed by atoms with Gasteiger partial charge in [0.05, 0.1) is 5.69 Å². The van der Waals surface area contributed by atoms with Crippen LogP contribution >= 0.6 is 0 Å². The molecule has 4 rings (SSSR count). The Morgan fingerprint density at radius 3 is 2.43 bits per heavy atom. The normalized spacial score (nSPS) is 11.6. The van der Waals surface area contributed by atoms with Gasteiger partial charge in [-0.05, 0) is 12.5 Å². The van der Waals surface area contributed by atoms with Crippen LogP contribution in [0.1, 0.15) is 5.56 Å². The number of hydrogen-bond acceptors (Lipinski definition) is 3. The van der Waals surface area contributed by atoms with E-state index in [1.165, 1.54) is 10.1 Å². The van der Waals surface area contributed by atoms with Crippen LogP contribution in [0.25, 0.3) is 28.2 Å². The average molecular weight is 309 g/mol. The molecule has 7 heteroatoms. The number of fused-ring (bicyclic) bond motifs is 3. The lowest BCUT2D eigenvalue weighted by Gasteiger charge is -2.03. The molecule has 0 atom stereocenters. The molecule has 116 valence electrons. The molecule has 1 N–H and O–H groups in total. The zero-order valence-corrected chi connectivity index (χ0v) is 13.0. The second kappa shape index (κ2) is 4.45. The number of aromatic nitrogens is 5. The van der Waals surface area contributed by atoms with E-state index in [-0.39, 0.29) is 0 Å². The van der Waals surface area contributed by atoms with E-state index < -0.39 is 11.2 Å². The molecule has 0 bridgehead atoms. The first kappa shape index (κ1) is 13.6. The number of nitrogens with one attached hydrogen (secondary N) is 1. The average Bonchev–Trinajstić information content (AvgIpc) is 3.04. The minimum atomic E-state index is -0.468. The Morgan fingerprint density at radius 1 is 1.04 bits per heavy atom. The molecule has 3 aromatic heterocycles. The summed E-state index contributed by atoms with van der Waals surface area (Å²) in [5.74, 6) is 0.613. The Labute approximate surface area is 130 Å². The van der Waals surface area contributed by atoms with Gasteiger partial charge in [-0.25, -0.2) is 4.79 Å². The summed E-state index contributed by atoms with van der Waals surface area (Å²) in [6, 6.07) is 8.15. The first-order valence-electron chi connectivity index (χ1n) is 7.21. The molecule has 7 nitrogen and oxygen atoms in total. The van der Waals surface area contributed by atoms with Gasteiger partial charge in [0.1, 0.15) is 0 Å². The fourth-order valence-electron chi connectivity index (χ4n) is 2.86. The molecule has 0 aliphatic heterocycles. The second-order valence-electron chi connectivity index (χ2n) is 5.71. The molecule has 3 heterocycles. The molecule has 4 aromatic rings. The van der Waals surface area contributed by atoms with Crippen LogP contribution in [0.3, 0.4) is 0 Å². The van der Waals surface area contributed by atoms with Crippen LogP contribution in [-0.4, -0.2) is 23.5 Å². The van der Waals surface area contributed by atoms with Crippen LogP contribution < -0.4 is 11.2 Å². The van der Waals surface area contributed by atoms with Gasteiger partial charge in [-0.1, -0.05) is 29.8 Å². The SMILES string of the molecule is Cc1ccc(-c2cn3c4c(=O)[nH]c(=O)n(C)c4nc3n2C)cc1. The maximum Gasteiger partial charge on any atom is 0.329 e. The highest BCUT2D eigenvalue weighted by molar-refractivity contribution is 5.77. The summed E-state index contributed by atoms with van der Waals surface area (Å²) in [4.78, 5) is 30.7. The summed E-state index contributed by atoms with van der Waals surface area (Å²) >= 11 is 0. The summed E-state index contributed by atoms with van der Waals surface area (Å²) < 4.78 is 4.98. The Balaban J connectivity index is 2.10. The monoisotopic (exact) mass is 309 g/mol. The van der Waals surface area contributed by atoms with E-state index >= 15 is 0 Å². The number of rotatable bonds is 1. The molecule has 0 saturated carbocycles. The number of imidazole rings is 2. The van der Waals surface area contributed by atoms with Crippen LogP contribution in [0.2, 0.25) is 0 Å². The zero-order chi connectivity index (χ0) is 16.3. The van der Waals surface area contributed by atoms with E-state index in [9.17, 15) is 9.59 Å². The van der Waals surface area contributed by atoms with Gasteiger partial charge in [0.15, 0.2) is 11.2 Å². The smallest absolute Gasteiger partial charge is 0.313 e. The van der Waals surface area contributed by atoms with Gasteiger partial charge in [-0.3, -0.25) is 18.7 Å². The highest BCUT2D eigenvalue weighted by Crippen LogP contribution is 2.24. The number of aryl methyl sites for hydroxylation is 3. The van der Waals surface area contributed by atoms with E-state index in [2.05, 4.69) is 9.97 Å².